The second-order valence-corrected chi connectivity index (χ2v) is 6.60. The van der Waals surface area contributed by atoms with Crippen molar-refractivity contribution in [2.75, 3.05) is 57.6 Å². The summed E-state index contributed by atoms with van der Waals surface area (Å²) in [4.78, 5) is 29.3. The van der Waals surface area contributed by atoms with Crippen molar-refractivity contribution in [3.63, 3.8) is 0 Å². The molecule has 1 N–H and O–H groups in total. The smallest absolute Gasteiger partial charge is 0.337 e. The van der Waals surface area contributed by atoms with Crippen LogP contribution in [0.25, 0.3) is 0 Å². The molecule has 0 radical (unpaired) electrons. The van der Waals surface area contributed by atoms with Crippen LogP contribution in [0.15, 0.2) is 42.5 Å². The molecule has 2 aromatic rings. The summed E-state index contributed by atoms with van der Waals surface area (Å²) in [6.45, 7) is 3.30. The molecule has 1 heterocycles. The molecule has 0 aromatic heterocycles. The van der Waals surface area contributed by atoms with E-state index in [9.17, 15) is 9.59 Å². The summed E-state index contributed by atoms with van der Waals surface area (Å²) in [6.07, 6.45) is 0. The number of piperazine rings is 1. The quantitative estimate of drug-likeness (QED) is 0.796. The average Bonchev–Trinajstić information content (AvgIpc) is 2.73. The Hall–Kier alpha value is -3.06. The van der Waals surface area contributed by atoms with Crippen LogP contribution in [0.5, 0.6) is 5.75 Å². The van der Waals surface area contributed by atoms with Gasteiger partial charge in [0.15, 0.2) is 0 Å². The number of amides is 1. The van der Waals surface area contributed by atoms with E-state index in [2.05, 4.69) is 22.2 Å². The molecule has 1 saturated heterocycles. The van der Waals surface area contributed by atoms with Gasteiger partial charge >= 0.3 is 5.97 Å². The number of carbonyl (C=O) groups is 2. The second-order valence-electron chi connectivity index (χ2n) is 6.60. The van der Waals surface area contributed by atoms with Gasteiger partial charge in [-0.1, -0.05) is 6.07 Å². The first-order valence-corrected chi connectivity index (χ1v) is 8.92. The molecule has 148 valence electrons. The Morgan fingerprint density at radius 2 is 1.86 bits per heavy atom. The maximum absolute atomic E-state index is 12.9. The van der Waals surface area contributed by atoms with Crippen molar-refractivity contribution in [1.82, 2.24) is 4.90 Å². The number of likely N-dealkylation sites (N-methyl/N-ethyl adjacent to an activating group) is 1. The largest absolute Gasteiger partial charge is 0.497 e. The van der Waals surface area contributed by atoms with E-state index in [0.29, 0.717) is 11.3 Å². The predicted octanol–water partition coefficient (Wildman–Crippen LogP) is 2.49. The number of rotatable bonds is 5. The van der Waals surface area contributed by atoms with E-state index >= 15 is 0 Å². The second kappa shape index (κ2) is 8.75. The van der Waals surface area contributed by atoms with Crippen molar-refractivity contribution in [1.29, 1.82) is 0 Å². The minimum atomic E-state index is -2.61. The van der Waals surface area contributed by atoms with Crippen LogP contribution < -0.4 is 15.0 Å². The molecule has 0 saturated carbocycles. The van der Waals surface area contributed by atoms with Crippen molar-refractivity contribution in [3.05, 3.63) is 53.6 Å². The van der Waals surface area contributed by atoms with Gasteiger partial charge in [0.1, 0.15) is 5.75 Å². The summed E-state index contributed by atoms with van der Waals surface area (Å²) in [5.41, 5.74) is 1.81. The van der Waals surface area contributed by atoms with Crippen LogP contribution in [-0.2, 0) is 4.74 Å². The monoisotopic (exact) mass is 386 g/mol. The summed E-state index contributed by atoms with van der Waals surface area (Å²) in [6, 6.07) is 11.0. The van der Waals surface area contributed by atoms with Gasteiger partial charge in [-0.3, -0.25) is 4.79 Å². The molecule has 2 aromatic carbocycles. The molecule has 0 unspecified atom stereocenters. The predicted molar refractivity (Wildman–Crippen MR) is 108 cm³/mol. The van der Waals surface area contributed by atoms with Gasteiger partial charge < -0.3 is 24.6 Å². The fraction of sp³-hybridized carbons (Fsp3) is 0.333. The number of anilines is 2. The molecule has 1 fully saturated rings. The highest BCUT2D eigenvalue weighted by molar-refractivity contribution is 6.07. The molecule has 3 rings (SSSR count). The first-order chi connectivity index (χ1) is 14.7. The Morgan fingerprint density at radius 1 is 1.07 bits per heavy atom. The van der Waals surface area contributed by atoms with Gasteiger partial charge in [0.2, 0.25) is 0 Å². The van der Waals surface area contributed by atoms with Gasteiger partial charge in [-0.05, 0) is 43.4 Å². The lowest BCUT2D eigenvalue weighted by molar-refractivity contribution is 0.0600. The normalized spacial score (nSPS) is 16.5. The number of esters is 1. The van der Waals surface area contributed by atoms with E-state index in [4.69, 9.17) is 13.6 Å². The Bertz CT molecular complexity index is 957. The van der Waals surface area contributed by atoms with Crippen LogP contribution in [0.1, 0.15) is 24.8 Å². The van der Waals surface area contributed by atoms with Crippen molar-refractivity contribution in [2.45, 2.75) is 0 Å². The van der Waals surface area contributed by atoms with Gasteiger partial charge in [-0.2, -0.15) is 0 Å². The highest BCUT2D eigenvalue weighted by Gasteiger charge is 2.20. The summed E-state index contributed by atoms with van der Waals surface area (Å²) in [5, 5.41) is 2.85. The van der Waals surface area contributed by atoms with Crippen molar-refractivity contribution >= 4 is 23.3 Å². The molecule has 1 amide bonds. The summed E-state index contributed by atoms with van der Waals surface area (Å²) < 4.78 is 31.3. The third-order valence-corrected chi connectivity index (χ3v) is 4.72. The van der Waals surface area contributed by atoms with E-state index in [1.165, 1.54) is 19.2 Å². The van der Waals surface area contributed by atoms with E-state index < -0.39 is 18.9 Å². The van der Waals surface area contributed by atoms with Crippen molar-refractivity contribution < 1.29 is 23.2 Å². The van der Waals surface area contributed by atoms with Crippen molar-refractivity contribution in [2.24, 2.45) is 0 Å². The molecule has 1 aliphatic heterocycles. The van der Waals surface area contributed by atoms with Crippen LogP contribution in [0, 0.1) is 0 Å². The number of methoxy groups -OCH3 is 2. The maximum Gasteiger partial charge on any atom is 0.337 e. The molecule has 7 heteroatoms. The fourth-order valence-electron chi connectivity index (χ4n) is 3.10. The first-order valence-electron chi connectivity index (χ1n) is 10.4. The van der Waals surface area contributed by atoms with E-state index in [1.807, 2.05) is 0 Å². The average molecular weight is 386 g/mol. The number of carbonyl (C=O) groups excluding carboxylic acids is 2. The number of benzene rings is 2. The lowest BCUT2D eigenvalue weighted by atomic mass is 10.1. The molecule has 28 heavy (non-hydrogen) atoms. The summed E-state index contributed by atoms with van der Waals surface area (Å²) >= 11 is 0. The number of hydrogen-bond donors (Lipinski definition) is 1. The van der Waals surface area contributed by atoms with Crippen LogP contribution in [-0.4, -0.2) is 64.2 Å². The Labute approximate surface area is 169 Å². The molecular formula is C21H25N3O4. The van der Waals surface area contributed by atoms with E-state index in [1.54, 1.807) is 30.3 Å². The standard InChI is InChI=1S/C21H25N3O4/c1-23-9-11-24(12-10-23)19-8-7-16(21(26)28-3)14-18(19)22-20(25)15-5-4-6-17(13-15)27-2/h4-8,13-14H,9-12H2,1-3H3,(H,22,25)/i2D3. The minimum Gasteiger partial charge on any atom is -0.497 e. The van der Waals surface area contributed by atoms with E-state index in [-0.39, 0.29) is 11.3 Å². The van der Waals surface area contributed by atoms with Crippen LogP contribution in [0.2, 0.25) is 0 Å². The Kier molecular flexibility index (Phi) is 4.98. The first kappa shape index (κ1) is 15.9. The number of hydrogen-bond acceptors (Lipinski definition) is 6. The molecule has 0 aliphatic carbocycles. The number of nitrogens with one attached hydrogen (secondary N) is 1. The van der Waals surface area contributed by atoms with Crippen molar-refractivity contribution in [3.8, 4) is 5.75 Å². The zero-order valence-electron chi connectivity index (χ0n) is 18.9. The minimum absolute atomic E-state index is 0.0650. The zero-order chi connectivity index (χ0) is 22.6. The number of ether oxygens (including phenoxy) is 2. The Morgan fingerprint density at radius 3 is 2.57 bits per heavy atom. The molecule has 1 aliphatic rings. The number of nitrogens with zero attached hydrogens (tertiary/aromatic N) is 2. The van der Waals surface area contributed by atoms with Gasteiger partial charge in [0.25, 0.3) is 5.91 Å². The molecular weight excluding hydrogens is 358 g/mol. The molecule has 0 bridgehead atoms. The topological polar surface area (TPSA) is 71.1 Å². The van der Waals surface area contributed by atoms with Crippen LogP contribution >= 0.6 is 0 Å². The van der Waals surface area contributed by atoms with Gasteiger partial charge in [-0.15, -0.1) is 0 Å². The van der Waals surface area contributed by atoms with Crippen LogP contribution in [0.3, 0.4) is 0 Å². The van der Waals surface area contributed by atoms with E-state index in [0.717, 1.165) is 31.9 Å². The summed E-state index contributed by atoms with van der Waals surface area (Å²) in [5.74, 6) is -0.892. The van der Waals surface area contributed by atoms with Gasteiger partial charge in [0, 0.05) is 31.7 Å². The highest BCUT2D eigenvalue weighted by atomic mass is 16.5. The fourth-order valence-corrected chi connectivity index (χ4v) is 3.10. The molecule has 7 nitrogen and oxygen atoms in total. The maximum atomic E-state index is 12.9. The molecule has 0 spiro atoms. The zero-order valence-corrected chi connectivity index (χ0v) is 15.9. The lowest BCUT2D eigenvalue weighted by Gasteiger charge is -2.35. The lowest BCUT2D eigenvalue weighted by Crippen LogP contribution is -2.44. The third-order valence-electron chi connectivity index (χ3n) is 4.72. The molecule has 0 atom stereocenters. The Balaban J connectivity index is 1.88. The van der Waals surface area contributed by atoms with Gasteiger partial charge in [-0.25, -0.2) is 4.79 Å². The third kappa shape index (κ3) is 4.43. The van der Waals surface area contributed by atoms with Crippen LogP contribution in [0.4, 0.5) is 11.4 Å². The van der Waals surface area contributed by atoms with Gasteiger partial charge in [0.05, 0.1) is 35.2 Å². The summed E-state index contributed by atoms with van der Waals surface area (Å²) in [7, 11) is 0.735. The highest BCUT2D eigenvalue weighted by Crippen LogP contribution is 2.29. The SMILES string of the molecule is [2H]C([2H])([2H])Oc1cccc(C(=O)Nc2cc(C(=O)OC)ccc2N2CCN(C)CC2)c1.